The molecule has 0 aromatic rings. The average Bonchev–Trinajstić information content (AvgIpc) is 2.86. The molecule has 0 fully saturated rings. The van der Waals surface area contributed by atoms with Gasteiger partial charge in [0.15, 0.2) is 0 Å². The summed E-state index contributed by atoms with van der Waals surface area (Å²) in [5.41, 5.74) is 0.307. The fourth-order valence-corrected chi connectivity index (χ4v) is 1.86. The highest BCUT2D eigenvalue weighted by Crippen LogP contribution is 2.24. The van der Waals surface area contributed by atoms with Crippen LogP contribution in [0.3, 0.4) is 0 Å². The summed E-state index contributed by atoms with van der Waals surface area (Å²) in [7, 11) is 0. The van der Waals surface area contributed by atoms with Gasteiger partial charge in [-0.05, 0) is 26.3 Å². The van der Waals surface area contributed by atoms with Crippen molar-refractivity contribution < 1.29 is 34.0 Å². The second kappa shape index (κ2) is 8.43. The van der Waals surface area contributed by atoms with Gasteiger partial charge in [0, 0.05) is 18.8 Å². The Bertz CT molecular complexity index is 439. The second-order valence-corrected chi connectivity index (χ2v) is 4.33. The van der Waals surface area contributed by atoms with Crippen LogP contribution in [0.4, 0.5) is 0 Å². The zero-order valence-corrected chi connectivity index (χ0v) is 12.1. The molecule has 0 saturated carbocycles. The Morgan fingerprint density at radius 3 is 2.62 bits per heavy atom. The molecule has 0 bridgehead atoms. The lowest BCUT2D eigenvalue weighted by molar-refractivity contribution is -0.147. The van der Waals surface area contributed by atoms with Gasteiger partial charge in [-0.1, -0.05) is 6.08 Å². The largest absolute Gasteiger partial charge is 0.478 e. The van der Waals surface area contributed by atoms with Gasteiger partial charge in [0.25, 0.3) is 0 Å². The average molecular weight is 300 g/mol. The maximum absolute atomic E-state index is 11.1. The highest BCUT2D eigenvalue weighted by Gasteiger charge is 2.32. The van der Waals surface area contributed by atoms with Crippen LogP contribution in [-0.4, -0.2) is 54.2 Å². The summed E-state index contributed by atoms with van der Waals surface area (Å²) < 4.78 is 15.7. The smallest absolute Gasteiger partial charge is 0.371 e. The van der Waals surface area contributed by atoms with E-state index in [0.29, 0.717) is 31.8 Å². The second-order valence-electron chi connectivity index (χ2n) is 4.33. The molecule has 0 radical (unpaired) electrons. The molecular formula is C14H20O7. The van der Waals surface area contributed by atoms with Gasteiger partial charge in [-0.2, -0.15) is 0 Å². The van der Waals surface area contributed by atoms with Crippen LogP contribution < -0.4 is 0 Å². The Hall–Kier alpha value is -1.86. The fourth-order valence-electron chi connectivity index (χ4n) is 1.86. The lowest BCUT2D eigenvalue weighted by Crippen LogP contribution is -2.23. The van der Waals surface area contributed by atoms with E-state index in [1.54, 1.807) is 6.08 Å². The highest BCUT2D eigenvalue weighted by atomic mass is 16.5. The SMILES string of the molecule is CCOCC(CC=C1C=C(C(=O)O)OC1C(=O)O)OCC. The lowest BCUT2D eigenvalue weighted by atomic mass is 10.1. The molecular weight excluding hydrogens is 280 g/mol. The molecule has 1 heterocycles. The maximum Gasteiger partial charge on any atom is 0.371 e. The van der Waals surface area contributed by atoms with Crippen molar-refractivity contribution in [3.8, 4) is 0 Å². The summed E-state index contributed by atoms with van der Waals surface area (Å²) >= 11 is 0. The summed E-state index contributed by atoms with van der Waals surface area (Å²) in [6.07, 6.45) is 1.77. The van der Waals surface area contributed by atoms with E-state index in [0.717, 1.165) is 0 Å². The standard InChI is InChI=1S/C14H20O7/c1-3-19-8-10(20-4-2)6-5-9-7-11(13(15)16)21-12(9)14(17)18/h5,7,10,12H,3-4,6,8H2,1-2H3,(H,15,16)(H,17,18). The van der Waals surface area contributed by atoms with Gasteiger partial charge in [-0.25, -0.2) is 9.59 Å². The van der Waals surface area contributed by atoms with Crippen molar-refractivity contribution >= 4 is 11.9 Å². The molecule has 0 aliphatic carbocycles. The minimum absolute atomic E-state index is 0.209. The first-order chi connectivity index (χ1) is 9.99. The predicted octanol–water partition coefficient (Wildman–Crippen LogP) is 1.20. The van der Waals surface area contributed by atoms with E-state index >= 15 is 0 Å². The van der Waals surface area contributed by atoms with Gasteiger partial charge in [0.05, 0.1) is 12.7 Å². The first-order valence-corrected chi connectivity index (χ1v) is 6.73. The molecule has 0 spiro atoms. The van der Waals surface area contributed by atoms with Crippen molar-refractivity contribution in [3.05, 3.63) is 23.5 Å². The zero-order valence-electron chi connectivity index (χ0n) is 12.1. The van der Waals surface area contributed by atoms with E-state index in [-0.39, 0.29) is 11.9 Å². The number of aliphatic carboxylic acids is 2. The van der Waals surface area contributed by atoms with Crippen molar-refractivity contribution in [1.29, 1.82) is 0 Å². The zero-order chi connectivity index (χ0) is 15.8. The van der Waals surface area contributed by atoms with Crippen molar-refractivity contribution in [2.24, 2.45) is 0 Å². The van der Waals surface area contributed by atoms with E-state index in [2.05, 4.69) is 0 Å². The van der Waals surface area contributed by atoms with Crippen molar-refractivity contribution in [2.45, 2.75) is 32.5 Å². The van der Waals surface area contributed by atoms with Crippen LogP contribution in [-0.2, 0) is 23.8 Å². The third-order valence-electron chi connectivity index (χ3n) is 2.81. The number of carboxylic acids is 2. The van der Waals surface area contributed by atoms with Crippen LogP contribution in [0.15, 0.2) is 23.5 Å². The molecule has 7 heteroatoms. The topological polar surface area (TPSA) is 102 Å². The number of hydrogen-bond acceptors (Lipinski definition) is 5. The van der Waals surface area contributed by atoms with Crippen LogP contribution in [0.25, 0.3) is 0 Å². The summed E-state index contributed by atoms with van der Waals surface area (Å²) in [4.78, 5) is 21.9. The van der Waals surface area contributed by atoms with Crippen LogP contribution >= 0.6 is 0 Å². The van der Waals surface area contributed by atoms with Gasteiger partial charge in [-0.15, -0.1) is 0 Å². The molecule has 7 nitrogen and oxygen atoms in total. The molecule has 2 N–H and O–H groups in total. The lowest BCUT2D eigenvalue weighted by Gasteiger charge is -2.15. The van der Waals surface area contributed by atoms with E-state index in [4.69, 9.17) is 24.4 Å². The normalized spacial score (nSPS) is 21.0. The number of carbonyl (C=O) groups is 2. The molecule has 0 amide bonds. The maximum atomic E-state index is 11.1. The van der Waals surface area contributed by atoms with Crippen molar-refractivity contribution in [3.63, 3.8) is 0 Å². The van der Waals surface area contributed by atoms with Gasteiger partial charge < -0.3 is 24.4 Å². The molecule has 0 saturated heterocycles. The number of ether oxygens (including phenoxy) is 3. The van der Waals surface area contributed by atoms with E-state index < -0.39 is 18.0 Å². The Kier molecular flexibility index (Phi) is 6.90. The van der Waals surface area contributed by atoms with Crippen LogP contribution in [0.2, 0.25) is 0 Å². The quantitative estimate of drug-likeness (QED) is 0.659. The summed E-state index contributed by atoms with van der Waals surface area (Å²) in [6.45, 7) is 5.18. The van der Waals surface area contributed by atoms with Gasteiger partial charge in [0.2, 0.25) is 11.9 Å². The van der Waals surface area contributed by atoms with E-state index in [1.807, 2.05) is 13.8 Å². The number of rotatable bonds is 9. The fraction of sp³-hybridized carbons (Fsp3) is 0.571. The van der Waals surface area contributed by atoms with Crippen LogP contribution in [0.5, 0.6) is 0 Å². The number of hydrogen-bond donors (Lipinski definition) is 2. The van der Waals surface area contributed by atoms with Crippen LogP contribution in [0, 0.1) is 0 Å². The summed E-state index contributed by atoms with van der Waals surface area (Å²) in [5, 5.41) is 17.9. The first-order valence-electron chi connectivity index (χ1n) is 6.73. The van der Waals surface area contributed by atoms with Crippen molar-refractivity contribution in [2.75, 3.05) is 19.8 Å². The van der Waals surface area contributed by atoms with Crippen LogP contribution in [0.1, 0.15) is 20.3 Å². The Morgan fingerprint density at radius 2 is 2.10 bits per heavy atom. The Labute approximate surface area is 122 Å². The van der Waals surface area contributed by atoms with Crippen molar-refractivity contribution in [1.82, 2.24) is 0 Å². The molecule has 0 aromatic heterocycles. The molecule has 1 aliphatic rings. The number of carboxylic acid groups (broad SMARTS) is 2. The first kappa shape index (κ1) is 17.2. The molecule has 2 unspecified atom stereocenters. The van der Waals surface area contributed by atoms with Gasteiger partial charge in [0.1, 0.15) is 0 Å². The van der Waals surface area contributed by atoms with E-state index in [1.165, 1.54) is 6.08 Å². The third-order valence-corrected chi connectivity index (χ3v) is 2.81. The summed E-state index contributed by atoms with van der Waals surface area (Å²) in [5.74, 6) is -2.89. The minimum atomic E-state index is -1.29. The summed E-state index contributed by atoms with van der Waals surface area (Å²) in [6, 6.07) is 0. The molecule has 21 heavy (non-hydrogen) atoms. The third kappa shape index (κ3) is 5.20. The van der Waals surface area contributed by atoms with E-state index in [9.17, 15) is 9.59 Å². The predicted molar refractivity (Wildman–Crippen MR) is 72.8 cm³/mol. The molecule has 1 aliphatic heterocycles. The van der Waals surface area contributed by atoms with Gasteiger partial charge in [-0.3, -0.25) is 0 Å². The Balaban J connectivity index is 2.77. The minimum Gasteiger partial charge on any atom is -0.478 e. The molecule has 2 atom stereocenters. The highest BCUT2D eigenvalue weighted by molar-refractivity contribution is 5.89. The molecule has 1 rings (SSSR count). The Morgan fingerprint density at radius 1 is 1.38 bits per heavy atom. The van der Waals surface area contributed by atoms with Gasteiger partial charge >= 0.3 is 11.9 Å². The molecule has 118 valence electrons. The monoisotopic (exact) mass is 300 g/mol. The molecule has 0 aromatic carbocycles.